The molecule has 0 bridgehead atoms. The Morgan fingerprint density at radius 1 is 1.08 bits per heavy atom. The van der Waals surface area contributed by atoms with E-state index >= 15 is 0 Å². The predicted octanol–water partition coefficient (Wildman–Crippen LogP) is 4.46. The number of pyridine rings is 1. The van der Waals surface area contributed by atoms with Gasteiger partial charge in [-0.3, -0.25) is 9.88 Å². The predicted molar refractivity (Wildman–Crippen MR) is 98.3 cm³/mol. The average molecular weight is 336 g/mol. The van der Waals surface area contributed by atoms with Crippen LogP contribution in [-0.4, -0.2) is 29.1 Å². The zero-order chi connectivity index (χ0) is 16.2. The van der Waals surface area contributed by atoms with Gasteiger partial charge < -0.3 is 4.74 Å². The summed E-state index contributed by atoms with van der Waals surface area (Å²) in [4.78, 5) is 8.14. The fourth-order valence-electron chi connectivity index (χ4n) is 3.14. The lowest BCUT2D eigenvalue weighted by Gasteiger charge is -2.18. The maximum absolute atomic E-state index is 6.30. The Kier molecular flexibility index (Phi) is 4.58. The van der Waals surface area contributed by atoms with Crippen molar-refractivity contribution < 1.29 is 4.74 Å². The lowest BCUT2D eigenvalue weighted by molar-refractivity contribution is 0.198. The van der Waals surface area contributed by atoms with Crippen LogP contribution < -0.4 is 4.74 Å². The van der Waals surface area contributed by atoms with Gasteiger partial charge in [-0.25, -0.2) is 0 Å². The van der Waals surface area contributed by atoms with Gasteiger partial charge >= 0.3 is 0 Å². The van der Waals surface area contributed by atoms with Crippen LogP contribution in [0.4, 0.5) is 0 Å². The van der Waals surface area contributed by atoms with E-state index in [9.17, 15) is 0 Å². The molecule has 0 aliphatic carbocycles. The van der Waals surface area contributed by atoms with Gasteiger partial charge in [0.15, 0.2) is 0 Å². The molecule has 0 spiro atoms. The van der Waals surface area contributed by atoms with Crippen LogP contribution >= 0.6 is 11.3 Å². The smallest absolute Gasteiger partial charge is 0.146 e. The first kappa shape index (κ1) is 15.4. The van der Waals surface area contributed by atoms with Gasteiger partial charge in [0, 0.05) is 25.8 Å². The molecule has 0 N–H and O–H groups in total. The number of aromatic nitrogens is 1. The van der Waals surface area contributed by atoms with E-state index in [1.807, 2.05) is 18.3 Å². The fourth-order valence-corrected chi connectivity index (χ4v) is 3.87. The molecule has 122 valence electrons. The molecule has 3 aromatic rings. The minimum atomic E-state index is 0.233. The van der Waals surface area contributed by atoms with E-state index in [1.165, 1.54) is 5.56 Å². The summed E-state index contributed by atoms with van der Waals surface area (Å²) in [5.41, 5.74) is 2.31. The third-order valence-electron chi connectivity index (χ3n) is 4.30. The molecule has 0 unspecified atom stereocenters. The number of likely N-dealkylation sites (tertiary alicyclic amines) is 1. The van der Waals surface area contributed by atoms with Crippen LogP contribution in [0.3, 0.4) is 0 Å². The van der Waals surface area contributed by atoms with Crippen molar-refractivity contribution in [1.82, 2.24) is 9.88 Å². The van der Waals surface area contributed by atoms with Crippen molar-refractivity contribution in [1.29, 1.82) is 0 Å². The van der Waals surface area contributed by atoms with Crippen LogP contribution in [0.2, 0.25) is 0 Å². The summed E-state index contributed by atoms with van der Waals surface area (Å²) in [5.74, 6) is 0.895. The maximum Gasteiger partial charge on any atom is 0.146 e. The molecule has 3 nitrogen and oxygen atoms in total. The minimum Gasteiger partial charge on any atom is -0.487 e. The minimum absolute atomic E-state index is 0.233. The second-order valence-electron chi connectivity index (χ2n) is 6.08. The number of ether oxygens (including phenoxy) is 1. The molecule has 0 radical (unpaired) electrons. The first-order valence-electron chi connectivity index (χ1n) is 8.30. The summed E-state index contributed by atoms with van der Waals surface area (Å²) in [6, 6.07) is 18.8. The van der Waals surface area contributed by atoms with E-state index in [1.54, 1.807) is 11.3 Å². The van der Waals surface area contributed by atoms with Gasteiger partial charge in [0.1, 0.15) is 17.5 Å². The molecule has 1 aliphatic rings. The van der Waals surface area contributed by atoms with Gasteiger partial charge in [-0.15, -0.1) is 11.3 Å². The molecule has 0 saturated carbocycles. The Hall–Kier alpha value is -2.17. The molecule has 4 heteroatoms. The van der Waals surface area contributed by atoms with Crippen LogP contribution in [-0.2, 0) is 6.54 Å². The molecule has 4 rings (SSSR count). The van der Waals surface area contributed by atoms with Crippen LogP contribution in [0, 0.1) is 0 Å². The third kappa shape index (κ3) is 3.50. The van der Waals surface area contributed by atoms with E-state index in [0.29, 0.717) is 0 Å². The van der Waals surface area contributed by atoms with Crippen molar-refractivity contribution in [2.45, 2.75) is 19.1 Å². The van der Waals surface area contributed by atoms with Crippen LogP contribution in [0.15, 0.2) is 66.2 Å². The molecule has 24 heavy (non-hydrogen) atoms. The van der Waals surface area contributed by atoms with Crippen LogP contribution in [0.5, 0.6) is 5.75 Å². The van der Waals surface area contributed by atoms with Crippen LogP contribution in [0.1, 0.15) is 12.0 Å². The summed E-state index contributed by atoms with van der Waals surface area (Å²) >= 11 is 1.70. The zero-order valence-electron chi connectivity index (χ0n) is 13.5. The molecule has 1 saturated heterocycles. The van der Waals surface area contributed by atoms with Crippen molar-refractivity contribution in [2.75, 3.05) is 13.1 Å². The second kappa shape index (κ2) is 7.16. The lowest BCUT2D eigenvalue weighted by Crippen LogP contribution is -2.24. The van der Waals surface area contributed by atoms with Gasteiger partial charge in [-0.05, 0) is 35.6 Å². The van der Waals surface area contributed by atoms with E-state index in [-0.39, 0.29) is 6.10 Å². The molecular formula is C20H20N2OS. The second-order valence-corrected chi connectivity index (χ2v) is 7.02. The first-order valence-corrected chi connectivity index (χ1v) is 9.18. The Morgan fingerprint density at radius 3 is 2.83 bits per heavy atom. The maximum atomic E-state index is 6.30. The van der Waals surface area contributed by atoms with E-state index in [4.69, 9.17) is 4.74 Å². The van der Waals surface area contributed by atoms with E-state index in [0.717, 1.165) is 42.4 Å². The Labute approximate surface area is 146 Å². The normalized spacial score (nSPS) is 17.9. The van der Waals surface area contributed by atoms with Crippen LogP contribution in [0.25, 0.3) is 10.6 Å². The number of benzene rings is 1. The average Bonchev–Trinajstić information content (AvgIpc) is 3.29. The summed E-state index contributed by atoms with van der Waals surface area (Å²) in [6.07, 6.45) is 3.13. The quantitative estimate of drug-likeness (QED) is 0.688. The monoisotopic (exact) mass is 336 g/mol. The van der Waals surface area contributed by atoms with Gasteiger partial charge in [0.25, 0.3) is 0 Å². The summed E-state index contributed by atoms with van der Waals surface area (Å²) < 4.78 is 6.30. The molecule has 3 heterocycles. The van der Waals surface area contributed by atoms with Crippen molar-refractivity contribution in [3.8, 4) is 16.3 Å². The van der Waals surface area contributed by atoms with Gasteiger partial charge in [-0.1, -0.05) is 36.4 Å². The SMILES string of the molecule is c1ccc(CN2CC[C@H](Oc3cccnc3-c3cccs3)C2)cc1. The van der Waals surface area contributed by atoms with Gasteiger partial charge in [0.05, 0.1) is 4.88 Å². The van der Waals surface area contributed by atoms with Crippen molar-refractivity contribution in [3.63, 3.8) is 0 Å². The summed E-state index contributed by atoms with van der Waals surface area (Å²) in [6.45, 7) is 3.04. The highest BCUT2D eigenvalue weighted by Crippen LogP contribution is 2.32. The van der Waals surface area contributed by atoms with Crippen molar-refractivity contribution >= 4 is 11.3 Å². The van der Waals surface area contributed by atoms with E-state index in [2.05, 4.69) is 57.7 Å². The fraction of sp³-hybridized carbons (Fsp3) is 0.250. The Balaban J connectivity index is 1.42. The number of nitrogens with zero attached hydrogens (tertiary/aromatic N) is 2. The molecule has 1 atom stereocenters. The third-order valence-corrected chi connectivity index (χ3v) is 5.17. The summed E-state index contributed by atoms with van der Waals surface area (Å²) in [7, 11) is 0. The zero-order valence-corrected chi connectivity index (χ0v) is 14.3. The number of rotatable bonds is 5. The van der Waals surface area contributed by atoms with Crippen molar-refractivity contribution in [2.24, 2.45) is 0 Å². The Morgan fingerprint density at radius 2 is 2.00 bits per heavy atom. The standard InChI is InChI=1S/C20H20N2OS/c1-2-6-16(7-3-1)14-22-12-10-17(15-22)23-18-8-4-11-21-20(18)19-9-5-13-24-19/h1-9,11,13,17H,10,12,14-15H2/t17-/m0/s1. The Bertz CT molecular complexity index is 773. The molecular weight excluding hydrogens is 316 g/mol. The van der Waals surface area contributed by atoms with Gasteiger partial charge in [0.2, 0.25) is 0 Å². The number of hydrogen-bond donors (Lipinski definition) is 0. The highest BCUT2D eigenvalue weighted by atomic mass is 32.1. The summed E-state index contributed by atoms with van der Waals surface area (Å²) in [5, 5.41) is 2.07. The molecule has 1 aromatic carbocycles. The first-order chi connectivity index (χ1) is 11.9. The molecule has 1 fully saturated rings. The topological polar surface area (TPSA) is 25.4 Å². The largest absolute Gasteiger partial charge is 0.487 e. The number of thiophene rings is 1. The van der Waals surface area contributed by atoms with Gasteiger partial charge in [-0.2, -0.15) is 0 Å². The number of hydrogen-bond acceptors (Lipinski definition) is 4. The molecule has 0 amide bonds. The molecule has 1 aliphatic heterocycles. The van der Waals surface area contributed by atoms with Crippen molar-refractivity contribution in [3.05, 3.63) is 71.7 Å². The molecule has 2 aromatic heterocycles. The highest BCUT2D eigenvalue weighted by molar-refractivity contribution is 7.13. The lowest BCUT2D eigenvalue weighted by atomic mass is 10.2. The van der Waals surface area contributed by atoms with E-state index < -0.39 is 0 Å². The highest BCUT2D eigenvalue weighted by Gasteiger charge is 2.25.